The molecule has 3 rings (SSSR count). The van der Waals surface area contributed by atoms with Gasteiger partial charge in [0.1, 0.15) is 17.3 Å². The van der Waals surface area contributed by atoms with E-state index < -0.39 is 5.91 Å². The van der Waals surface area contributed by atoms with Gasteiger partial charge in [0.2, 0.25) is 0 Å². The predicted molar refractivity (Wildman–Crippen MR) is 148 cm³/mol. The fourth-order valence-electron chi connectivity index (χ4n) is 3.75. The van der Waals surface area contributed by atoms with Gasteiger partial charge in [-0.3, -0.25) is 9.59 Å². The van der Waals surface area contributed by atoms with Gasteiger partial charge in [-0.25, -0.2) is 0 Å². The molecule has 0 bridgehead atoms. The average Bonchev–Trinajstić information content (AvgIpc) is 3.16. The SMILES string of the molecule is CCC(C)(C)c1ccc(OCC(=O)NC2=NN(c3c(Cl)cc(Cl)cc3Cl)C(=O)C2)c(C(C)(C)CC)c1. The second-order valence-electron chi connectivity index (χ2n) is 10.2. The number of benzene rings is 2. The van der Waals surface area contributed by atoms with Crippen LogP contribution >= 0.6 is 34.8 Å². The molecule has 0 radical (unpaired) electrons. The molecule has 2 amide bonds. The van der Waals surface area contributed by atoms with Gasteiger partial charge in [-0.05, 0) is 47.4 Å². The van der Waals surface area contributed by atoms with E-state index in [9.17, 15) is 9.59 Å². The first-order valence-corrected chi connectivity index (χ1v) is 13.0. The van der Waals surface area contributed by atoms with Gasteiger partial charge in [0.25, 0.3) is 11.8 Å². The number of hydrazone groups is 1. The standard InChI is InChI=1S/C27H32Cl3N3O3/c1-7-26(3,4)16-9-10-21(18(11-16)27(5,6)8-2)36-15-23(34)31-22-14-24(35)33(32-22)25-19(29)12-17(28)13-20(25)30/h9-13H,7-8,14-15H2,1-6H3,(H,31,32,34). The van der Waals surface area contributed by atoms with Crippen molar-refractivity contribution in [2.24, 2.45) is 5.10 Å². The number of rotatable bonds is 8. The molecule has 0 unspecified atom stereocenters. The summed E-state index contributed by atoms with van der Waals surface area (Å²) < 4.78 is 5.97. The van der Waals surface area contributed by atoms with Crippen molar-refractivity contribution < 1.29 is 14.3 Å². The van der Waals surface area contributed by atoms with E-state index in [1.54, 1.807) is 0 Å². The van der Waals surface area contributed by atoms with Crippen LogP contribution in [0.25, 0.3) is 0 Å². The number of halogens is 3. The molecule has 194 valence electrons. The van der Waals surface area contributed by atoms with Crippen molar-refractivity contribution in [1.82, 2.24) is 5.32 Å². The molecule has 6 nitrogen and oxygen atoms in total. The first kappa shape index (κ1) is 28.3. The van der Waals surface area contributed by atoms with Crippen LogP contribution < -0.4 is 15.1 Å². The molecule has 0 atom stereocenters. The van der Waals surface area contributed by atoms with Crippen LogP contribution in [0, 0.1) is 0 Å². The summed E-state index contributed by atoms with van der Waals surface area (Å²) in [5, 5.41) is 8.64. The summed E-state index contributed by atoms with van der Waals surface area (Å²) in [7, 11) is 0. The van der Waals surface area contributed by atoms with Gasteiger partial charge >= 0.3 is 0 Å². The van der Waals surface area contributed by atoms with Crippen LogP contribution in [0.4, 0.5) is 5.69 Å². The summed E-state index contributed by atoms with van der Waals surface area (Å²) in [6.07, 6.45) is 1.82. The van der Waals surface area contributed by atoms with Crippen LogP contribution in [0.5, 0.6) is 5.75 Å². The second-order valence-corrected chi connectivity index (χ2v) is 11.4. The Balaban J connectivity index is 1.75. The largest absolute Gasteiger partial charge is 0.483 e. The third-order valence-corrected chi connectivity index (χ3v) is 7.66. The molecule has 0 aromatic heterocycles. The lowest BCUT2D eigenvalue weighted by molar-refractivity contribution is -0.121. The van der Waals surface area contributed by atoms with Crippen LogP contribution in [0.15, 0.2) is 35.4 Å². The summed E-state index contributed by atoms with van der Waals surface area (Å²) in [5.41, 5.74) is 2.41. The molecule has 2 aromatic carbocycles. The molecule has 0 aliphatic carbocycles. The van der Waals surface area contributed by atoms with Crippen molar-refractivity contribution in [3.05, 3.63) is 56.5 Å². The Labute approximate surface area is 227 Å². The normalized spacial score (nSPS) is 14.2. The van der Waals surface area contributed by atoms with E-state index in [0.29, 0.717) is 10.8 Å². The molecule has 0 saturated heterocycles. The minimum atomic E-state index is -0.421. The molecular formula is C27H32Cl3N3O3. The van der Waals surface area contributed by atoms with Gasteiger partial charge in [0.15, 0.2) is 6.61 Å². The highest BCUT2D eigenvalue weighted by atomic mass is 35.5. The molecule has 9 heteroatoms. The smallest absolute Gasteiger partial charge is 0.263 e. The fraction of sp³-hybridized carbons (Fsp3) is 0.444. The van der Waals surface area contributed by atoms with Gasteiger partial charge < -0.3 is 10.1 Å². The van der Waals surface area contributed by atoms with Gasteiger partial charge in [-0.15, -0.1) is 0 Å². The Kier molecular flexibility index (Phi) is 8.64. The van der Waals surface area contributed by atoms with Crippen molar-refractivity contribution >= 4 is 58.1 Å². The molecule has 0 spiro atoms. The molecule has 1 heterocycles. The summed E-state index contributed by atoms with van der Waals surface area (Å²) in [6.45, 7) is 12.8. The third-order valence-electron chi connectivity index (χ3n) is 6.87. The zero-order chi connectivity index (χ0) is 26.8. The van der Waals surface area contributed by atoms with Crippen LogP contribution in [-0.2, 0) is 20.4 Å². The van der Waals surface area contributed by atoms with Crippen LogP contribution in [-0.4, -0.2) is 24.3 Å². The molecule has 36 heavy (non-hydrogen) atoms. The van der Waals surface area contributed by atoms with E-state index in [1.165, 1.54) is 17.7 Å². The van der Waals surface area contributed by atoms with E-state index in [-0.39, 0.29) is 51.3 Å². The second kappa shape index (κ2) is 11.0. The highest BCUT2D eigenvalue weighted by Crippen LogP contribution is 2.39. The maximum absolute atomic E-state index is 12.7. The Morgan fingerprint density at radius 2 is 1.64 bits per heavy atom. The van der Waals surface area contributed by atoms with Crippen molar-refractivity contribution in [1.29, 1.82) is 0 Å². The monoisotopic (exact) mass is 551 g/mol. The Hall–Kier alpha value is -2.28. The third kappa shape index (κ3) is 6.16. The number of hydrogen-bond acceptors (Lipinski definition) is 4. The number of carbonyl (C=O) groups excluding carboxylic acids is 2. The zero-order valence-corrected chi connectivity index (χ0v) is 23.7. The number of hydrogen-bond donors (Lipinski definition) is 1. The molecule has 1 aliphatic rings. The molecule has 2 aromatic rings. The quantitative estimate of drug-likeness (QED) is 0.374. The minimum Gasteiger partial charge on any atom is -0.483 e. The lowest BCUT2D eigenvalue weighted by Gasteiger charge is -2.30. The van der Waals surface area contributed by atoms with E-state index in [1.807, 2.05) is 6.07 Å². The van der Waals surface area contributed by atoms with E-state index in [0.717, 1.165) is 23.4 Å². The predicted octanol–water partition coefficient (Wildman–Crippen LogP) is 7.27. The van der Waals surface area contributed by atoms with Crippen LogP contribution in [0.1, 0.15) is 71.9 Å². The van der Waals surface area contributed by atoms with E-state index in [4.69, 9.17) is 39.5 Å². The van der Waals surface area contributed by atoms with Gasteiger partial charge in [-0.1, -0.05) is 88.5 Å². The molecule has 1 N–H and O–H groups in total. The molecular weight excluding hydrogens is 521 g/mol. The number of nitrogens with one attached hydrogen (secondary N) is 1. The molecule has 0 fully saturated rings. The molecule has 0 saturated carbocycles. The summed E-state index contributed by atoms with van der Waals surface area (Å²) in [5.74, 6) is 0.0525. The topological polar surface area (TPSA) is 71.0 Å². The lowest BCUT2D eigenvalue weighted by Crippen LogP contribution is -2.34. The number of nitrogens with zero attached hydrogens (tertiary/aromatic N) is 2. The maximum Gasteiger partial charge on any atom is 0.263 e. The lowest BCUT2D eigenvalue weighted by atomic mass is 9.76. The zero-order valence-electron chi connectivity index (χ0n) is 21.5. The maximum atomic E-state index is 12.7. The first-order valence-electron chi connectivity index (χ1n) is 11.9. The van der Waals surface area contributed by atoms with Crippen molar-refractivity contribution in [2.45, 2.75) is 71.6 Å². The van der Waals surface area contributed by atoms with E-state index in [2.05, 4.69) is 64.1 Å². The minimum absolute atomic E-state index is 0.0311. The van der Waals surface area contributed by atoms with Gasteiger partial charge in [-0.2, -0.15) is 10.1 Å². The Morgan fingerprint density at radius 3 is 2.22 bits per heavy atom. The highest BCUT2D eigenvalue weighted by Gasteiger charge is 2.30. The Bertz CT molecular complexity index is 1180. The highest BCUT2D eigenvalue weighted by molar-refractivity contribution is 6.42. The molecule has 1 aliphatic heterocycles. The van der Waals surface area contributed by atoms with Crippen molar-refractivity contribution in [3.8, 4) is 5.75 Å². The average molecular weight is 553 g/mol. The van der Waals surface area contributed by atoms with Gasteiger partial charge in [0, 0.05) is 10.6 Å². The van der Waals surface area contributed by atoms with Crippen molar-refractivity contribution in [2.75, 3.05) is 11.6 Å². The number of amidine groups is 1. The van der Waals surface area contributed by atoms with Crippen LogP contribution in [0.2, 0.25) is 15.1 Å². The summed E-state index contributed by atoms with van der Waals surface area (Å²) in [4.78, 5) is 25.2. The van der Waals surface area contributed by atoms with Crippen molar-refractivity contribution in [3.63, 3.8) is 0 Å². The first-order chi connectivity index (χ1) is 16.8. The summed E-state index contributed by atoms with van der Waals surface area (Å²) in [6, 6.07) is 9.13. The van der Waals surface area contributed by atoms with Gasteiger partial charge in [0.05, 0.1) is 16.5 Å². The summed E-state index contributed by atoms with van der Waals surface area (Å²) >= 11 is 18.4. The fourth-order valence-corrected chi connectivity index (χ4v) is 4.73. The number of anilines is 1. The van der Waals surface area contributed by atoms with Crippen LogP contribution in [0.3, 0.4) is 0 Å². The number of amides is 2. The number of carbonyl (C=O) groups is 2. The Morgan fingerprint density at radius 1 is 1.03 bits per heavy atom. The van der Waals surface area contributed by atoms with E-state index >= 15 is 0 Å². The number of ether oxygens (including phenoxy) is 1.